The first kappa shape index (κ1) is 17.8. The Kier molecular flexibility index (Phi) is 4.69. The van der Waals surface area contributed by atoms with Gasteiger partial charge >= 0.3 is 0 Å². The molecule has 2 aromatic carbocycles. The van der Waals surface area contributed by atoms with Crippen LogP contribution < -0.4 is 4.90 Å². The number of rotatable bonds is 5. The molecule has 0 N–H and O–H groups in total. The summed E-state index contributed by atoms with van der Waals surface area (Å²) < 4.78 is 1.76. The van der Waals surface area contributed by atoms with Crippen molar-refractivity contribution in [3.8, 4) is 0 Å². The summed E-state index contributed by atoms with van der Waals surface area (Å²) in [6, 6.07) is 18.1. The van der Waals surface area contributed by atoms with Gasteiger partial charge in [-0.1, -0.05) is 65.5 Å². The number of thioether (sulfide) groups is 1. The maximum Gasteiger partial charge on any atom is 0.237 e. The molecule has 29 heavy (non-hydrogen) atoms. The van der Waals surface area contributed by atoms with E-state index in [1.807, 2.05) is 53.4 Å². The first-order chi connectivity index (χ1) is 14.3. The Bertz CT molecular complexity index is 1180. The van der Waals surface area contributed by atoms with Crippen molar-refractivity contribution in [2.24, 2.45) is 0 Å². The van der Waals surface area contributed by atoms with E-state index in [0.29, 0.717) is 28.5 Å². The molecule has 1 aliphatic heterocycles. The Hall–Kier alpha value is -3.26. The first-order valence-electron chi connectivity index (χ1n) is 9.39. The maximum atomic E-state index is 12.8. The molecule has 0 spiro atoms. The largest absolute Gasteiger partial charge is 0.311 e. The van der Waals surface area contributed by atoms with Crippen molar-refractivity contribution in [3.63, 3.8) is 0 Å². The fourth-order valence-corrected chi connectivity index (χ4v) is 4.35. The van der Waals surface area contributed by atoms with Crippen LogP contribution in [0.5, 0.6) is 0 Å². The molecule has 2 aromatic heterocycles. The second-order valence-corrected chi connectivity index (χ2v) is 7.76. The summed E-state index contributed by atoms with van der Waals surface area (Å²) in [6.45, 7) is 1.31. The topological polar surface area (TPSA) is 76.8 Å². The summed E-state index contributed by atoms with van der Waals surface area (Å²) in [7, 11) is 0. The van der Waals surface area contributed by atoms with Crippen LogP contribution in [0.3, 0.4) is 0 Å². The van der Waals surface area contributed by atoms with Crippen molar-refractivity contribution in [1.82, 2.24) is 25.0 Å². The number of aromatic nitrogens is 5. The molecule has 1 amide bonds. The smallest absolute Gasteiger partial charge is 0.237 e. The van der Waals surface area contributed by atoms with E-state index in [0.717, 1.165) is 24.2 Å². The number of fused-ring (bicyclic) bond motifs is 2. The van der Waals surface area contributed by atoms with Crippen molar-refractivity contribution >= 4 is 34.5 Å². The average Bonchev–Trinajstić information content (AvgIpc) is 3.38. The van der Waals surface area contributed by atoms with E-state index < -0.39 is 0 Å². The van der Waals surface area contributed by atoms with Gasteiger partial charge in [0, 0.05) is 12.2 Å². The third-order valence-electron chi connectivity index (χ3n) is 4.96. The monoisotopic (exact) mass is 402 g/mol. The highest BCUT2D eigenvalue weighted by atomic mass is 32.2. The van der Waals surface area contributed by atoms with Gasteiger partial charge in [-0.25, -0.2) is 14.6 Å². The van der Waals surface area contributed by atoms with Crippen LogP contribution in [0.1, 0.15) is 11.1 Å². The molecular formula is C21H18N6OS. The van der Waals surface area contributed by atoms with Gasteiger partial charge < -0.3 is 4.90 Å². The van der Waals surface area contributed by atoms with Crippen LogP contribution in [0, 0.1) is 0 Å². The van der Waals surface area contributed by atoms with Gasteiger partial charge in [-0.3, -0.25) is 4.79 Å². The van der Waals surface area contributed by atoms with Gasteiger partial charge in [0.2, 0.25) is 5.91 Å². The standard InChI is InChI=1S/C21H18N6OS/c28-18(26-11-10-16-8-4-5-9-17(16)26)13-29-21-19-20(22-14-23-21)27(25-24-19)12-15-6-2-1-3-7-15/h1-9,14H,10-13H2. The number of carbonyl (C=O) groups excluding carboxylic acids is 1. The van der Waals surface area contributed by atoms with Gasteiger partial charge in [-0.15, -0.1) is 5.10 Å². The third kappa shape index (κ3) is 3.47. The number of nitrogens with zero attached hydrogens (tertiary/aromatic N) is 6. The Morgan fingerprint density at radius 2 is 1.86 bits per heavy atom. The lowest BCUT2D eigenvalue weighted by Crippen LogP contribution is -2.30. The molecule has 0 saturated carbocycles. The zero-order valence-corrected chi connectivity index (χ0v) is 16.4. The number of hydrogen-bond acceptors (Lipinski definition) is 6. The van der Waals surface area contributed by atoms with E-state index in [-0.39, 0.29) is 5.91 Å². The molecule has 0 unspecified atom stereocenters. The number of hydrogen-bond donors (Lipinski definition) is 0. The van der Waals surface area contributed by atoms with Gasteiger partial charge in [-0.2, -0.15) is 0 Å². The van der Waals surface area contributed by atoms with Crippen molar-refractivity contribution in [1.29, 1.82) is 0 Å². The summed E-state index contributed by atoms with van der Waals surface area (Å²) in [6.07, 6.45) is 2.41. The van der Waals surface area contributed by atoms with Crippen molar-refractivity contribution in [2.45, 2.75) is 18.0 Å². The Morgan fingerprint density at radius 1 is 1.03 bits per heavy atom. The Labute approximate surface area is 171 Å². The molecule has 3 heterocycles. The number of anilines is 1. The fraction of sp³-hybridized carbons (Fsp3) is 0.190. The first-order valence-corrected chi connectivity index (χ1v) is 10.4. The number of amides is 1. The van der Waals surface area contributed by atoms with Crippen LogP contribution in [-0.4, -0.2) is 43.2 Å². The molecule has 8 heteroatoms. The number of para-hydroxylation sites is 1. The third-order valence-corrected chi connectivity index (χ3v) is 5.93. The van der Waals surface area contributed by atoms with Gasteiger partial charge in [0.25, 0.3) is 0 Å². The molecule has 0 aliphatic carbocycles. The minimum Gasteiger partial charge on any atom is -0.311 e. The van der Waals surface area contributed by atoms with Crippen LogP contribution in [0.4, 0.5) is 5.69 Å². The van der Waals surface area contributed by atoms with Crippen LogP contribution in [0.2, 0.25) is 0 Å². The molecule has 1 aliphatic rings. The molecule has 144 valence electrons. The van der Waals surface area contributed by atoms with E-state index in [1.54, 1.807) is 4.68 Å². The molecule has 0 bridgehead atoms. The van der Waals surface area contributed by atoms with Crippen LogP contribution in [0.15, 0.2) is 66.0 Å². The predicted molar refractivity (Wildman–Crippen MR) is 112 cm³/mol. The van der Waals surface area contributed by atoms with E-state index in [9.17, 15) is 4.79 Å². The zero-order valence-electron chi connectivity index (χ0n) is 15.6. The molecule has 0 radical (unpaired) electrons. The second kappa shape index (κ2) is 7.63. The van der Waals surface area contributed by atoms with E-state index >= 15 is 0 Å². The maximum absolute atomic E-state index is 12.8. The Morgan fingerprint density at radius 3 is 2.76 bits per heavy atom. The average molecular weight is 402 g/mol. The van der Waals surface area contributed by atoms with Crippen LogP contribution in [-0.2, 0) is 17.8 Å². The summed E-state index contributed by atoms with van der Waals surface area (Å²) in [5.74, 6) is 0.370. The highest BCUT2D eigenvalue weighted by Gasteiger charge is 2.24. The van der Waals surface area contributed by atoms with Gasteiger partial charge in [0.15, 0.2) is 11.2 Å². The molecule has 0 atom stereocenters. The molecular weight excluding hydrogens is 384 g/mol. The lowest BCUT2D eigenvalue weighted by atomic mass is 10.2. The molecule has 5 rings (SSSR count). The second-order valence-electron chi connectivity index (χ2n) is 6.80. The zero-order chi connectivity index (χ0) is 19.6. The predicted octanol–water partition coefficient (Wildman–Crippen LogP) is 2.95. The number of benzene rings is 2. The number of carbonyl (C=O) groups is 1. The molecule has 0 saturated heterocycles. The highest BCUT2D eigenvalue weighted by molar-refractivity contribution is 8.00. The van der Waals surface area contributed by atoms with Gasteiger partial charge in [-0.05, 0) is 23.6 Å². The normalized spacial score (nSPS) is 13.0. The summed E-state index contributed by atoms with van der Waals surface area (Å²) >= 11 is 1.38. The lowest BCUT2D eigenvalue weighted by Gasteiger charge is -2.16. The minimum atomic E-state index is 0.0726. The quantitative estimate of drug-likeness (QED) is 0.377. The Balaban J connectivity index is 1.33. The lowest BCUT2D eigenvalue weighted by molar-refractivity contribution is -0.116. The van der Waals surface area contributed by atoms with Gasteiger partial charge in [0.1, 0.15) is 11.4 Å². The van der Waals surface area contributed by atoms with E-state index in [2.05, 4.69) is 26.3 Å². The SMILES string of the molecule is O=C(CSc1ncnc2c1nnn2Cc1ccccc1)N1CCc2ccccc21. The van der Waals surface area contributed by atoms with Crippen LogP contribution in [0.25, 0.3) is 11.2 Å². The summed E-state index contributed by atoms with van der Waals surface area (Å²) in [5.41, 5.74) is 4.65. The molecule has 4 aromatic rings. The van der Waals surface area contributed by atoms with Crippen molar-refractivity contribution in [3.05, 3.63) is 72.1 Å². The van der Waals surface area contributed by atoms with E-state index in [1.165, 1.54) is 23.7 Å². The van der Waals surface area contributed by atoms with Gasteiger partial charge in [0.05, 0.1) is 12.3 Å². The van der Waals surface area contributed by atoms with Crippen molar-refractivity contribution in [2.75, 3.05) is 17.2 Å². The summed E-state index contributed by atoms with van der Waals surface area (Å²) in [5, 5.41) is 9.19. The van der Waals surface area contributed by atoms with Crippen LogP contribution >= 0.6 is 11.8 Å². The van der Waals surface area contributed by atoms with Crippen molar-refractivity contribution < 1.29 is 4.79 Å². The highest BCUT2D eigenvalue weighted by Crippen LogP contribution is 2.29. The fourth-order valence-electron chi connectivity index (χ4n) is 3.55. The van der Waals surface area contributed by atoms with E-state index in [4.69, 9.17) is 0 Å². The minimum absolute atomic E-state index is 0.0726. The summed E-state index contributed by atoms with van der Waals surface area (Å²) in [4.78, 5) is 23.3. The molecule has 0 fully saturated rings. The molecule has 7 nitrogen and oxygen atoms in total.